The first-order valence-electron chi connectivity index (χ1n) is 7.65. The van der Waals surface area contributed by atoms with Crippen LogP contribution in [0.15, 0.2) is 54.6 Å². The number of hydrogen-bond donors (Lipinski definition) is 1. The molecule has 0 spiro atoms. The van der Waals surface area contributed by atoms with Crippen LogP contribution in [0.5, 0.6) is 5.75 Å². The van der Waals surface area contributed by atoms with Crippen LogP contribution in [0.25, 0.3) is 0 Å². The van der Waals surface area contributed by atoms with E-state index in [1.807, 2.05) is 30.3 Å². The van der Waals surface area contributed by atoms with Gasteiger partial charge in [-0.2, -0.15) is 0 Å². The fourth-order valence-electron chi connectivity index (χ4n) is 2.36. The van der Waals surface area contributed by atoms with Crippen molar-refractivity contribution in [3.63, 3.8) is 0 Å². The molecule has 22 heavy (non-hydrogen) atoms. The number of aryl methyl sites for hydroxylation is 1. The van der Waals surface area contributed by atoms with Gasteiger partial charge in [0.1, 0.15) is 5.75 Å². The van der Waals surface area contributed by atoms with Crippen LogP contribution in [0.2, 0.25) is 0 Å². The number of methoxy groups -OCH3 is 1. The minimum absolute atomic E-state index is 0.0609. The number of amides is 1. The van der Waals surface area contributed by atoms with E-state index in [4.69, 9.17) is 4.74 Å². The molecule has 0 fully saturated rings. The zero-order valence-corrected chi connectivity index (χ0v) is 13.2. The van der Waals surface area contributed by atoms with Crippen molar-refractivity contribution in [2.45, 2.75) is 26.2 Å². The molecule has 2 aromatic rings. The van der Waals surface area contributed by atoms with Gasteiger partial charge in [-0.3, -0.25) is 4.79 Å². The van der Waals surface area contributed by atoms with Crippen molar-refractivity contribution in [1.29, 1.82) is 0 Å². The highest BCUT2D eigenvalue weighted by Crippen LogP contribution is 2.17. The lowest BCUT2D eigenvalue weighted by Crippen LogP contribution is -2.15. The van der Waals surface area contributed by atoms with Crippen molar-refractivity contribution in [3.8, 4) is 5.75 Å². The topological polar surface area (TPSA) is 38.3 Å². The molecule has 0 saturated heterocycles. The fourth-order valence-corrected chi connectivity index (χ4v) is 2.36. The monoisotopic (exact) mass is 297 g/mol. The molecule has 0 heterocycles. The first-order chi connectivity index (χ1) is 10.7. The van der Waals surface area contributed by atoms with E-state index in [0.29, 0.717) is 12.3 Å². The Balaban J connectivity index is 1.75. The first-order valence-corrected chi connectivity index (χ1v) is 7.65. The van der Waals surface area contributed by atoms with E-state index in [1.165, 1.54) is 5.56 Å². The summed E-state index contributed by atoms with van der Waals surface area (Å²) in [4.78, 5) is 12.0. The number of anilines is 1. The lowest BCUT2D eigenvalue weighted by atomic mass is 9.98. The highest BCUT2D eigenvalue weighted by molar-refractivity contribution is 5.90. The molecule has 3 heteroatoms. The number of nitrogens with one attached hydrogen (secondary N) is 1. The van der Waals surface area contributed by atoms with Gasteiger partial charge in [-0.15, -0.1) is 0 Å². The Kier molecular flexibility index (Phi) is 6.01. The number of rotatable bonds is 7. The normalized spacial score (nSPS) is 11.7. The van der Waals surface area contributed by atoms with Crippen LogP contribution in [0.4, 0.5) is 5.69 Å². The first kappa shape index (κ1) is 16.1. The Hall–Kier alpha value is -2.29. The predicted octanol–water partition coefficient (Wildman–Crippen LogP) is 4.29. The molecular weight excluding hydrogens is 274 g/mol. The number of benzene rings is 2. The largest absolute Gasteiger partial charge is 0.497 e. The molecule has 1 N–H and O–H groups in total. The van der Waals surface area contributed by atoms with E-state index in [9.17, 15) is 4.79 Å². The molecule has 3 nitrogen and oxygen atoms in total. The smallest absolute Gasteiger partial charge is 0.224 e. The second-order valence-corrected chi connectivity index (χ2v) is 5.61. The van der Waals surface area contributed by atoms with Gasteiger partial charge < -0.3 is 10.1 Å². The maximum Gasteiger partial charge on any atom is 0.224 e. The van der Waals surface area contributed by atoms with Crippen molar-refractivity contribution >= 4 is 11.6 Å². The van der Waals surface area contributed by atoms with Gasteiger partial charge >= 0.3 is 0 Å². The summed E-state index contributed by atoms with van der Waals surface area (Å²) >= 11 is 0. The standard InChI is InChI=1S/C19H23NO2/c1-15(8-9-16-6-4-3-5-7-16)14-19(21)20-17-10-12-18(22-2)13-11-17/h3-7,10-13,15H,8-9,14H2,1-2H3,(H,20,21)/t15-/m1/s1. The number of ether oxygens (including phenoxy) is 1. The van der Waals surface area contributed by atoms with Crippen molar-refractivity contribution in [3.05, 3.63) is 60.2 Å². The molecular formula is C19H23NO2. The maximum atomic E-state index is 12.0. The second kappa shape index (κ2) is 8.23. The van der Waals surface area contributed by atoms with E-state index in [-0.39, 0.29) is 5.91 Å². The van der Waals surface area contributed by atoms with Gasteiger partial charge in [0, 0.05) is 12.1 Å². The highest BCUT2D eigenvalue weighted by atomic mass is 16.5. The third-order valence-corrected chi connectivity index (χ3v) is 3.68. The molecule has 1 atom stereocenters. The quantitative estimate of drug-likeness (QED) is 0.827. The molecule has 0 aliphatic rings. The summed E-state index contributed by atoms with van der Waals surface area (Å²) in [5, 5.41) is 2.93. The van der Waals surface area contributed by atoms with E-state index < -0.39 is 0 Å². The third-order valence-electron chi connectivity index (χ3n) is 3.68. The van der Waals surface area contributed by atoms with Crippen LogP contribution in [0.1, 0.15) is 25.3 Å². The summed E-state index contributed by atoms with van der Waals surface area (Å²) in [6, 6.07) is 17.8. The summed E-state index contributed by atoms with van der Waals surface area (Å²) < 4.78 is 5.10. The van der Waals surface area contributed by atoms with Crippen LogP contribution >= 0.6 is 0 Å². The molecule has 0 bridgehead atoms. The number of hydrogen-bond acceptors (Lipinski definition) is 2. The van der Waals surface area contributed by atoms with Crippen molar-refractivity contribution in [1.82, 2.24) is 0 Å². The lowest BCUT2D eigenvalue weighted by Gasteiger charge is -2.12. The third kappa shape index (κ3) is 5.24. The Bertz CT molecular complexity index is 578. The van der Waals surface area contributed by atoms with Gasteiger partial charge in [-0.25, -0.2) is 0 Å². The average molecular weight is 297 g/mol. The minimum Gasteiger partial charge on any atom is -0.497 e. The summed E-state index contributed by atoms with van der Waals surface area (Å²) in [6.45, 7) is 2.12. The maximum absolute atomic E-state index is 12.0. The molecule has 0 radical (unpaired) electrons. The van der Waals surface area contributed by atoms with Gasteiger partial charge in [0.2, 0.25) is 5.91 Å². The van der Waals surface area contributed by atoms with Gasteiger partial charge in [-0.05, 0) is 48.6 Å². The van der Waals surface area contributed by atoms with E-state index in [2.05, 4.69) is 36.5 Å². The van der Waals surface area contributed by atoms with Gasteiger partial charge in [-0.1, -0.05) is 37.3 Å². The SMILES string of the molecule is COc1ccc(NC(=O)C[C@H](C)CCc2ccccc2)cc1. The fraction of sp³-hybridized carbons (Fsp3) is 0.316. The van der Waals surface area contributed by atoms with Crippen molar-refractivity contribution in [2.24, 2.45) is 5.92 Å². The van der Waals surface area contributed by atoms with Crippen LogP contribution in [-0.2, 0) is 11.2 Å². The second-order valence-electron chi connectivity index (χ2n) is 5.61. The molecule has 116 valence electrons. The van der Waals surface area contributed by atoms with E-state index in [0.717, 1.165) is 24.3 Å². The van der Waals surface area contributed by atoms with E-state index >= 15 is 0 Å². The molecule has 0 saturated carbocycles. The molecule has 2 aromatic carbocycles. The number of carbonyl (C=O) groups excluding carboxylic acids is 1. The van der Waals surface area contributed by atoms with Crippen LogP contribution in [0.3, 0.4) is 0 Å². The highest BCUT2D eigenvalue weighted by Gasteiger charge is 2.09. The molecule has 0 aliphatic carbocycles. The molecule has 1 amide bonds. The van der Waals surface area contributed by atoms with Crippen LogP contribution in [0, 0.1) is 5.92 Å². The number of carbonyl (C=O) groups is 1. The Morgan fingerprint density at radius 3 is 2.41 bits per heavy atom. The zero-order valence-electron chi connectivity index (χ0n) is 13.2. The Morgan fingerprint density at radius 2 is 1.77 bits per heavy atom. The molecule has 0 aromatic heterocycles. The predicted molar refractivity (Wildman–Crippen MR) is 90.2 cm³/mol. The molecule has 0 aliphatic heterocycles. The van der Waals surface area contributed by atoms with Crippen molar-refractivity contribution in [2.75, 3.05) is 12.4 Å². The summed E-state index contributed by atoms with van der Waals surface area (Å²) in [7, 11) is 1.63. The van der Waals surface area contributed by atoms with Crippen LogP contribution in [-0.4, -0.2) is 13.0 Å². The molecule has 0 unspecified atom stereocenters. The van der Waals surface area contributed by atoms with Gasteiger partial charge in [0.25, 0.3) is 0 Å². The van der Waals surface area contributed by atoms with Gasteiger partial charge in [0.05, 0.1) is 7.11 Å². The minimum atomic E-state index is 0.0609. The lowest BCUT2D eigenvalue weighted by molar-refractivity contribution is -0.117. The van der Waals surface area contributed by atoms with E-state index in [1.54, 1.807) is 7.11 Å². The summed E-state index contributed by atoms with van der Waals surface area (Å²) in [5.74, 6) is 1.21. The van der Waals surface area contributed by atoms with Crippen LogP contribution < -0.4 is 10.1 Å². The average Bonchev–Trinajstić information content (AvgIpc) is 2.54. The Morgan fingerprint density at radius 1 is 1.09 bits per heavy atom. The zero-order chi connectivity index (χ0) is 15.8. The van der Waals surface area contributed by atoms with Crippen molar-refractivity contribution < 1.29 is 9.53 Å². The molecule has 2 rings (SSSR count). The summed E-state index contributed by atoms with van der Waals surface area (Å²) in [6.07, 6.45) is 2.57. The van der Waals surface area contributed by atoms with Gasteiger partial charge in [0.15, 0.2) is 0 Å². The Labute approximate surface area is 132 Å². The summed E-state index contributed by atoms with van der Waals surface area (Å²) in [5.41, 5.74) is 2.13.